The van der Waals surface area contributed by atoms with Crippen molar-refractivity contribution in [3.8, 4) is 0 Å². The van der Waals surface area contributed by atoms with Crippen LogP contribution in [-0.4, -0.2) is 62.7 Å². The van der Waals surface area contributed by atoms with E-state index in [4.69, 9.17) is 18.9 Å². The maximum absolute atomic E-state index is 6.58. The Labute approximate surface area is 182 Å². The largest absolute Gasteiger partial charge is 0.367 e. The molecule has 0 saturated heterocycles. The van der Waals surface area contributed by atoms with E-state index in [1.807, 2.05) is 0 Å². The molecule has 0 rings (SSSR count). The van der Waals surface area contributed by atoms with E-state index in [1.165, 1.54) is 0 Å². The van der Waals surface area contributed by atoms with E-state index < -0.39 is 5.97 Å². The van der Waals surface area contributed by atoms with Crippen molar-refractivity contribution >= 4 is 0 Å². The van der Waals surface area contributed by atoms with Crippen LogP contribution in [0.4, 0.5) is 0 Å². The average molecular weight is 419 g/mol. The minimum absolute atomic E-state index is 0.292. The van der Waals surface area contributed by atoms with E-state index >= 15 is 0 Å². The normalized spacial score (nSPS) is 13.8. The predicted octanol–water partition coefficient (Wildman–Crippen LogP) is 6.11. The molecule has 0 aliphatic rings. The van der Waals surface area contributed by atoms with Gasteiger partial charge in [-0.25, -0.2) is 0 Å². The summed E-state index contributed by atoms with van der Waals surface area (Å²) >= 11 is 0. The highest BCUT2D eigenvalue weighted by atomic mass is 16.9. The zero-order chi connectivity index (χ0) is 22.0. The molecule has 0 aromatic carbocycles. The number of hydrogen-bond acceptors (Lipinski definition) is 4. The lowest BCUT2D eigenvalue weighted by atomic mass is 10.2. The van der Waals surface area contributed by atoms with Crippen LogP contribution in [0.5, 0.6) is 0 Å². The maximum Gasteiger partial charge on any atom is 0.367 e. The average Bonchev–Trinajstić information content (AvgIpc) is 2.74. The lowest BCUT2D eigenvalue weighted by molar-refractivity contribution is -0.984. The molecule has 0 bridgehead atoms. The van der Waals surface area contributed by atoms with Crippen LogP contribution in [0.1, 0.15) is 99.8 Å². The van der Waals surface area contributed by atoms with E-state index in [9.17, 15) is 0 Å². The fourth-order valence-corrected chi connectivity index (χ4v) is 3.52. The molecule has 0 aromatic rings. The van der Waals surface area contributed by atoms with Gasteiger partial charge in [-0.2, -0.15) is 0 Å². The highest BCUT2D eigenvalue weighted by Gasteiger charge is 2.55. The number of ether oxygens (including phenoxy) is 4. The molecule has 0 aliphatic heterocycles. The number of rotatable bonds is 21. The van der Waals surface area contributed by atoms with E-state index in [0.29, 0.717) is 26.4 Å². The number of likely N-dealkylation sites (N-methyl/N-ethyl adjacent to an activating group) is 1. The highest BCUT2D eigenvalue weighted by molar-refractivity contribution is 4.68. The summed E-state index contributed by atoms with van der Waals surface area (Å²) in [5.41, 5.74) is 0. The van der Waals surface area contributed by atoms with Gasteiger partial charge in [-0.05, 0) is 46.5 Å². The fraction of sp³-hybridized carbons (Fsp3) is 1.00. The lowest BCUT2D eigenvalue weighted by Gasteiger charge is -2.49. The Bertz CT molecular complexity index is 326. The third-order valence-electron chi connectivity index (χ3n) is 5.87. The van der Waals surface area contributed by atoms with Gasteiger partial charge in [0.15, 0.2) is 0 Å². The van der Waals surface area contributed by atoms with E-state index in [1.54, 1.807) is 0 Å². The molecule has 0 fully saturated rings. The number of unbranched alkanes of at least 4 members (excludes halogenated alkanes) is 4. The van der Waals surface area contributed by atoms with E-state index in [2.05, 4.69) is 48.5 Å². The van der Waals surface area contributed by atoms with Crippen LogP contribution in [0, 0.1) is 0 Å². The molecule has 0 N–H and O–H groups in total. The van der Waals surface area contributed by atoms with Crippen molar-refractivity contribution in [1.82, 2.24) is 0 Å². The van der Waals surface area contributed by atoms with Gasteiger partial charge in [0, 0.05) is 0 Å². The molecule has 1 unspecified atom stereocenters. The molecule has 0 aromatic heterocycles. The van der Waals surface area contributed by atoms with Crippen molar-refractivity contribution in [2.45, 2.75) is 112 Å². The van der Waals surface area contributed by atoms with Gasteiger partial charge in [-0.1, -0.05) is 53.4 Å². The van der Waals surface area contributed by atoms with Crippen molar-refractivity contribution in [3.05, 3.63) is 0 Å². The van der Waals surface area contributed by atoms with Gasteiger partial charge in [-0.15, -0.1) is 0 Å². The first-order valence-electron chi connectivity index (χ1n) is 12.4. The number of quaternary nitrogens is 1. The summed E-state index contributed by atoms with van der Waals surface area (Å²) in [4.78, 5) is 0. The smallest absolute Gasteiger partial charge is 0.323 e. The molecular weight excluding hydrogens is 366 g/mol. The molecule has 1 atom stereocenters. The topological polar surface area (TPSA) is 36.9 Å². The molecule has 0 aliphatic carbocycles. The Balaban J connectivity index is 6.02. The van der Waals surface area contributed by atoms with Crippen LogP contribution < -0.4 is 0 Å². The summed E-state index contributed by atoms with van der Waals surface area (Å²) in [6, 6.07) is 0. The Morgan fingerprint density at radius 3 is 1.21 bits per heavy atom. The Morgan fingerprint density at radius 2 is 0.897 bits per heavy atom. The molecule has 0 radical (unpaired) electrons. The second-order valence-corrected chi connectivity index (χ2v) is 7.95. The summed E-state index contributed by atoms with van der Waals surface area (Å²) in [5, 5.41) is 0. The quantitative estimate of drug-likeness (QED) is 0.128. The minimum Gasteiger partial charge on any atom is -0.323 e. The zero-order valence-corrected chi connectivity index (χ0v) is 20.8. The molecular formula is C24H52NO4+. The fourth-order valence-electron chi connectivity index (χ4n) is 3.52. The van der Waals surface area contributed by atoms with Gasteiger partial charge in [0.05, 0.1) is 46.1 Å². The van der Waals surface area contributed by atoms with Crippen LogP contribution >= 0.6 is 0 Å². The maximum atomic E-state index is 6.58. The Hall–Kier alpha value is -0.200. The molecule has 29 heavy (non-hydrogen) atoms. The van der Waals surface area contributed by atoms with Gasteiger partial charge in [-0.3, -0.25) is 4.48 Å². The first-order chi connectivity index (χ1) is 14.1. The third kappa shape index (κ3) is 9.65. The van der Waals surface area contributed by atoms with Gasteiger partial charge in [0.1, 0.15) is 0 Å². The van der Waals surface area contributed by atoms with Crippen LogP contribution in [0.25, 0.3) is 0 Å². The monoisotopic (exact) mass is 418 g/mol. The van der Waals surface area contributed by atoms with Gasteiger partial charge < -0.3 is 18.9 Å². The predicted molar refractivity (Wildman–Crippen MR) is 122 cm³/mol. The molecule has 0 amide bonds. The van der Waals surface area contributed by atoms with Crippen molar-refractivity contribution in [2.24, 2.45) is 0 Å². The molecule has 0 saturated carbocycles. The zero-order valence-electron chi connectivity index (χ0n) is 20.8. The van der Waals surface area contributed by atoms with Crippen LogP contribution in [0.15, 0.2) is 0 Å². The van der Waals surface area contributed by atoms with Crippen molar-refractivity contribution in [2.75, 3.05) is 46.1 Å². The van der Waals surface area contributed by atoms with Crippen LogP contribution in [0.3, 0.4) is 0 Å². The second-order valence-electron chi connectivity index (χ2n) is 7.95. The highest BCUT2D eigenvalue weighted by Crippen LogP contribution is 2.32. The molecule has 0 heterocycles. The van der Waals surface area contributed by atoms with Crippen molar-refractivity contribution in [1.29, 1.82) is 0 Å². The first kappa shape index (κ1) is 28.8. The molecule has 176 valence electrons. The SMILES string of the molecule is CCCCOC(C(OCCCC)(OCCCC)OCCCC)[N+](CC)(CC)CC. The van der Waals surface area contributed by atoms with Crippen molar-refractivity contribution < 1.29 is 23.4 Å². The standard InChI is InChI=1S/C24H52NO4/c1-8-15-19-26-23(25(12-5,13-6)14-7)24(27-20-16-9-2,28-21-17-10-3)29-22-18-11-4/h23H,8-22H2,1-7H3/q+1. The summed E-state index contributed by atoms with van der Waals surface area (Å²) in [6.07, 6.45) is 8.05. The van der Waals surface area contributed by atoms with E-state index in [-0.39, 0.29) is 6.23 Å². The molecule has 5 nitrogen and oxygen atoms in total. The van der Waals surface area contributed by atoms with Gasteiger partial charge >= 0.3 is 5.97 Å². The second kappa shape index (κ2) is 17.5. The van der Waals surface area contributed by atoms with Crippen LogP contribution in [-0.2, 0) is 18.9 Å². The third-order valence-corrected chi connectivity index (χ3v) is 5.87. The first-order valence-corrected chi connectivity index (χ1v) is 12.4. The molecule has 5 heteroatoms. The van der Waals surface area contributed by atoms with E-state index in [0.717, 1.165) is 75.5 Å². The Kier molecular flexibility index (Phi) is 17.4. The van der Waals surface area contributed by atoms with Crippen molar-refractivity contribution in [3.63, 3.8) is 0 Å². The lowest BCUT2D eigenvalue weighted by Crippen LogP contribution is -2.68. The molecule has 0 spiro atoms. The van der Waals surface area contributed by atoms with Crippen LogP contribution in [0.2, 0.25) is 0 Å². The summed E-state index contributed by atoms with van der Waals surface area (Å²) in [7, 11) is 0. The van der Waals surface area contributed by atoms with Gasteiger partial charge in [0.2, 0.25) is 0 Å². The number of nitrogens with zero attached hydrogens (tertiary/aromatic N) is 1. The minimum atomic E-state index is -1.14. The summed E-state index contributed by atoms with van der Waals surface area (Å²) in [5.74, 6) is -1.14. The summed E-state index contributed by atoms with van der Waals surface area (Å²) < 4.78 is 26.8. The Morgan fingerprint density at radius 1 is 0.552 bits per heavy atom. The summed E-state index contributed by atoms with van der Waals surface area (Å²) in [6.45, 7) is 20.9. The number of hydrogen-bond donors (Lipinski definition) is 0. The van der Waals surface area contributed by atoms with Gasteiger partial charge in [0.25, 0.3) is 6.23 Å².